The Balaban J connectivity index is 3.75. The number of aliphatic hydroxyl groups excluding tert-OH is 1. The largest absolute Gasteiger partial charge is 0.396 e. The molecule has 2 atom stereocenters. The lowest BCUT2D eigenvalue weighted by molar-refractivity contribution is 0.243. The standard InChI is InChI=1S/C15H33NO/c1-6-7-14(9-11-17)12-16-13(2)8-10-15(3,4)5/h13-14,16-17H,6-12H2,1-5H3. The monoisotopic (exact) mass is 243 g/mol. The zero-order valence-corrected chi connectivity index (χ0v) is 12.6. The summed E-state index contributed by atoms with van der Waals surface area (Å²) in [5.41, 5.74) is 0.434. The highest BCUT2D eigenvalue weighted by Gasteiger charge is 2.13. The number of rotatable bonds is 9. The van der Waals surface area contributed by atoms with E-state index in [0.717, 1.165) is 13.0 Å². The average Bonchev–Trinajstić information content (AvgIpc) is 2.23. The van der Waals surface area contributed by atoms with Gasteiger partial charge in [0.25, 0.3) is 0 Å². The van der Waals surface area contributed by atoms with E-state index < -0.39 is 0 Å². The lowest BCUT2D eigenvalue weighted by Crippen LogP contribution is -2.32. The van der Waals surface area contributed by atoms with Crippen LogP contribution in [0.2, 0.25) is 0 Å². The van der Waals surface area contributed by atoms with Gasteiger partial charge in [0.05, 0.1) is 0 Å². The Morgan fingerprint density at radius 2 is 1.76 bits per heavy atom. The van der Waals surface area contributed by atoms with Gasteiger partial charge >= 0.3 is 0 Å². The fourth-order valence-corrected chi connectivity index (χ4v) is 2.06. The molecule has 0 saturated carbocycles. The van der Waals surface area contributed by atoms with Crippen LogP contribution in [0, 0.1) is 11.3 Å². The van der Waals surface area contributed by atoms with Crippen LogP contribution in [0.15, 0.2) is 0 Å². The van der Waals surface area contributed by atoms with E-state index in [0.29, 0.717) is 24.0 Å². The summed E-state index contributed by atoms with van der Waals surface area (Å²) in [4.78, 5) is 0. The molecule has 0 aliphatic carbocycles. The lowest BCUT2D eigenvalue weighted by Gasteiger charge is -2.23. The molecule has 0 saturated heterocycles. The molecule has 0 aliphatic rings. The van der Waals surface area contributed by atoms with Crippen LogP contribution in [-0.4, -0.2) is 24.3 Å². The van der Waals surface area contributed by atoms with E-state index in [-0.39, 0.29) is 0 Å². The molecule has 2 N–H and O–H groups in total. The topological polar surface area (TPSA) is 32.3 Å². The highest BCUT2D eigenvalue weighted by molar-refractivity contribution is 4.70. The third-order valence-corrected chi connectivity index (χ3v) is 3.32. The molecule has 2 nitrogen and oxygen atoms in total. The van der Waals surface area contributed by atoms with E-state index in [9.17, 15) is 0 Å². The molecular formula is C15H33NO. The summed E-state index contributed by atoms with van der Waals surface area (Å²) >= 11 is 0. The summed E-state index contributed by atoms with van der Waals surface area (Å²) in [7, 11) is 0. The summed E-state index contributed by atoms with van der Waals surface area (Å²) in [5.74, 6) is 0.641. The molecule has 0 rings (SSSR count). The van der Waals surface area contributed by atoms with E-state index in [2.05, 4.69) is 39.9 Å². The third-order valence-electron chi connectivity index (χ3n) is 3.32. The Hall–Kier alpha value is -0.0800. The molecule has 0 aromatic carbocycles. The molecule has 0 bridgehead atoms. The average molecular weight is 243 g/mol. The SMILES string of the molecule is CCCC(CCO)CNC(C)CCC(C)(C)C. The molecule has 0 aromatic heterocycles. The molecule has 2 unspecified atom stereocenters. The molecule has 0 amide bonds. The van der Waals surface area contributed by atoms with Crippen molar-refractivity contribution in [2.75, 3.05) is 13.2 Å². The van der Waals surface area contributed by atoms with Crippen LogP contribution in [-0.2, 0) is 0 Å². The van der Waals surface area contributed by atoms with Crippen molar-refractivity contribution in [2.24, 2.45) is 11.3 Å². The predicted molar refractivity (Wildman–Crippen MR) is 76.3 cm³/mol. The lowest BCUT2D eigenvalue weighted by atomic mass is 9.89. The predicted octanol–water partition coefficient (Wildman–Crippen LogP) is 3.59. The Morgan fingerprint density at radius 3 is 2.24 bits per heavy atom. The van der Waals surface area contributed by atoms with Gasteiger partial charge in [-0.2, -0.15) is 0 Å². The molecule has 0 fully saturated rings. The molecule has 0 radical (unpaired) electrons. The number of hydrogen-bond donors (Lipinski definition) is 2. The number of nitrogens with one attached hydrogen (secondary N) is 1. The molecule has 0 aromatic rings. The van der Waals surface area contributed by atoms with Gasteiger partial charge in [0.2, 0.25) is 0 Å². The Kier molecular flexibility index (Phi) is 8.89. The molecule has 0 heterocycles. The minimum Gasteiger partial charge on any atom is -0.396 e. The summed E-state index contributed by atoms with van der Waals surface area (Å²) in [6.45, 7) is 12.8. The van der Waals surface area contributed by atoms with Gasteiger partial charge in [0.15, 0.2) is 0 Å². The quantitative estimate of drug-likeness (QED) is 0.648. The van der Waals surface area contributed by atoms with Crippen molar-refractivity contribution < 1.29 is 5.11 Å². The van der Waals surface area contributed by atoms with Crippen molar-refractivity contribution >= 4 is 0 Å². The molecule has 17 heavy (non-hydrogen) atoms. The molecule has 0 aliphatic heterocycles. The van der Waals surface area contributed by atoms with Crippen LogP contribution in [0.1, 0.15) is 66.7 Å². The molecule has 104 valence electrons. The van der Waals surface area contributed by atoms with Gasteiger partial charge < -0.3 is 10.4 Å². The summed E-state index contributed by atoms with van der Waals surface area (Å²) in [6, 6.07) is 0.590. The van der Waals surface area contributed by atoms with Crippen molar-refractivity contribution in [3.63, 3.8) is 0 Å². The second kappa shape index (κ2) is 8.93. The van der Waals surface area contributed by atoms with Crippen molar-refractivity contribution in [1.82, 2.24) is 5.32 Å². The van der Waals surface area contributed by atoms with Gasteiger partial charge in [-0.1, -0.05) is 34.1 Å². The van der Waals surface area contributed by atoms with Crippen LogP contribution in [0.25, 0.3) is 0 Å². The van der Waals surface area contributed by atoms with Gasteiger partial charge in [-0.05, 0) is 50.5 Å². The molecule has 0 spiro atoms. The van der Waals surface area contributed by atoms with Crippen molar-refractivity contribution in [1.29, 1.82) is 0 Å². The van der Waals surface area contributed by atoms with E-state index in [1.807, 2.05) is 0 Å². The zero-order valence-electron chi connectivity index (χ0n) is 12.6. The number of hydrogen-bond acceptors (Lipinski definition) is 2. The zero-order chi connectivity index (χ0) is 13.3. The van der Waals surface area contributed by atoms with Gasteiger partial charge in [0.1, 0.15) is 0 Å². The first-order valence-corrected chi connectivity index (χ1v) is 7.23. The van der Waals surface area contributed by atoms with Gasteiger partial charge in [-0.3, -0.25) is 0 Å². The first-order chi connectivity index (χ1) is 7.89. The second-order valence-corrected chi connectivity index (χ2v) is 6.58. The van der Waals surface area contributed by atoms with Gasteiger partial charge in [0, 0.05) is 12.6 Å². The maximum absolute atomic E-state index is 9.01. The molecule has 2 heteroatoms. The fourth-order valence-electron chi connectivity index (χ4n) is 2.06. The second-order valence-electron chi connectivity index (χ2n) is 6.58. The normalized spacial score (nSPS) is 15.9. The first-order valence-electron chi connectivity index (χ1n) is 7.23. The van der Waals surface area contributed by atoms with Gasteiger partial charge in [-0.15, -0.1) is 0 Å². The van der Waals surface area contributed by atoms with Crippen LogP contribution >= 0.6 is 0 Å². The van der Waals surface area contributed by atoms with Crippen molar-refractivity contribution in [3.05, 3.63) is 0 Å². The van der Waals surface area contributed by atoms with E-state index in [1.165, 1.54) is 25.7 Å². The minimum atomic E-state index is 0.322. The van der Waals surface area contributed by atoms with E-state index in [1.54, 1.807) is 0 Å². The van der Waals surface area contributed by atoms with Crippen LogP contribution < -0.4 is 5.32 Å². The summed E-state index contributed by atoms with van der Waals surface area (Å²) in [5, 5.41) is 12.6. The summed E-state index contributed by atoms with van der Waals surface area (Å²) < 4.78 is 0. The van der Waals surface area contributed by atoms with Crippen LogP contribution in [0.3, 0.4) is 0 Å². The fraction of sp³-hybridized carbons (Fsp3) is 1.00. The van der Waals surface area contributed by atoms with Crippen LogP contribution in [0.5, 0.6) is 0 Å². The smallest absolute Gasteiger partial charge is 0.0434 e. The Morgan fingerprint density at radius 1 is 1.12 bits per heavy atom. The Bertz CT molecular complexity index is 168. The minimum absolute atomic E-state index is 0.322. The maximum Gasteiger partial charge on any atom is 0.0434 e. The van der Waals surface area contributed by atoms with E-state index >= 15 is 0 Å². The molecular weight excluding hydrogens is 210 g/mol. The highest BCUT2D eigenvalue weighted by Crippen LogP contribution is 2.21. The van der Waals surface area contributed by atoms with Crippen molar-refractivity contribution in [3.8, 4) is 0 Å². The van der Waals surface area contributed by atoms with Crippen LogP contribution in [0.4, 0.5) is 0 Å². The first kappa shape index (κ1) is 16.9. The van der Waals surface area contributed by atoms with E-state index in [4.69, 9.17) is 5.11 Å². The van der Waals surface area contributed by atoms with Gasteiger partial charge in [-0.25, -0.2) is 0 Å². The Labute approximate surface area is 108 Å². The number of aliphatic hydroxyl groups is 1. The summed E-state index contributed by atoms with van der Waals surface area (Å²) in [6.07, 6.45) is 5.87. The van der Waals surface area contributed by atoms with Crippen molar-refractivity contribution in [2.45, 2.75) is 72.8 Å². The maximum atomic E-state index is 9.01. The highest BCUT2D eigenvalue weighted by atomic mass is 16.3. The third kappa shape index (κ3) is 10.8.